The van der Waals surface area contributed by atoms with Crippen LogP contribution in [0.5, 0.6) is 0 Å². The Kier molecular flexibility index (Phi) is 7.91. The summed E-state index contributed by atoms with van der Waals surface area (Å²) in [5, 5.41) is 0. The number of esters is 1. The van der Waals surface area contributed by atoms with Gasteiger partial charge in [-0.05, 0) is 122 Å². The lowest BCUT2D eigenvalue weighted by Gasteiger charge is -2.58. The summed E-state index contributed by atoms with van der Waals surface area (Å²) in [6, 6.07) is 0. The molecule has 0 saturated heterocycles. The van der Waals surface area contributed by atoms with Crippen molar-refractivity contribution in [3.05, 3.63) is 23.8 Å². The van der Waals surface area contributed by atoms with E-state index in [0.717, 1.165) is 54.8 Å². The summed E-state index contributed by atoms with van der Waals surface area (Å²) >= 11 is 0. The highest BCUT2D eigenvalue weighted by Gasteiger charge is 2.59. The molecule has 0 aliphatic heterocycles. The van der Waals surface area contributed by atoms with Crippen LogP contribution in [0.15, 0.2) is 23.8 Å². The van der Waals surface area contributed by atoms with Gasteiger partial charge in [0.15, 0.2) is 0 Å². The lowest BCUT2D eigenvalue weighted by molar-refractivity contribution is -0.159. The average Bonchev–Trinajstić information content (AvgIpc) is 3.52. The largest absolute Gasteiger partial charge is 0.462 e. The van der Waals surface area contributed by atoms with Crippen LogP contribution in [-0.4, -0.2) is 12.1 Å². The molecule has 6 aliphatic rings. The normalized spacial score (nSPS) is 45.6. The number of hydrogen-bond acceptors (Lipinski definition) is 2. The van der Waals surface area contributed by atoms with E-state index in [-0.39, 0.29) is 18.0 Å². The number of fused-ring (bicyclic) bond motifs is 6. The van der Waals surface area contributed by atoms with Gasteiger partial charge >= 0.3 is 5.97 Å². The first-order valence-electron chi connectivity index (χ1n) is 17.3. The summed E-state index contributed by atoms with van der Waals surface area (Å²) in [5.74, 6) is 6.66. The van der Waals surface area contributed by atoms with Gasteiger partial charge in [0.1, 0.15) is 6.10 Å². The van der Waals surface area contributed by atoms with Gasteiger partial charge in [-0.15, -0.1) is 0 Å². The van der Waals surface area contributed by atoms with Crippen LogP contribution in [0.2, 0.25) is 0 Å². The predicted molar refractivity (Wildman–Crippen MR) is 161 cm³/mol. The van der Waals surface area contributed by atoms with Crippen molar-refractivity contribution in [2.45, 2.75) is 137 Å². The first-order chi connectivity index (χ1) is 18.7. The Morgan fingerprint density at radius 2 is 1.79 bits per heavy atom. The Balaban J connectivity index is 1.10. The van der Waals surface area contributed by atoms with Crippen molar-refractivity contribution in [3.8, 4) is 0 Å². The van der Waals surface area contributed by atoms with E-state index in [2.05, 4.69) is 52.8 Å². The lowest BCUT2D eigenvalue weighted by atomic mass is 9.47. The summed E-state index contributed by atoms with van der Waals surface area (Å²) < 4.78 is 6.33. The highest BCUT2D eigenvalue weighted by atomic mass is 16.5. The molecule has 2 heteroatoms. The van der Waals surface area contributed by atoms with Gasteiger partial charge in [-0.2, -0.15) is 0 Å². The van der Waals surface area contributed by atoms with Crippen LogP contribution in [0.1, 0.15) is 131 Å². The number of carbonyl (C=O) groups is 1. The molecule has 0 aromatic rings. The zero-order chi connectivity index (χ0) is 27.4. The van der Waals surface area contributed by atoms with E-state index in [1.807, 2.05) is 0 Å². The SMILES string of the molecule is CC(C)CCC[C@@H](C)[C@H]1CC[C@H]2[C@@H]3CC=C4CC(OC(=O)[C@H]5CC=C[C@H]6CCC[C@H]56)CC[C@]4(C)[C@H]3CC[C@]12C. The third kappa shape index (κ3) is 5.01. The summed E-state index contributed by atoms with van der Waals surface area (Å²) in [6.45, 7) is 12.6. The van der Waals surface area contributed by atoms with E-state index in [1.54, 1.807) is 5.57 Å². The van der Waals surface area contributed by atoms with Gasteiger partial charge in [-0.3, -0.25) is 4.79 Å². The van der Waals surface area contributed by atoms with Crippen molar-refractivity contribution in [2.75, 3.05) is 0 Å². The van der Waals surface area contributed by atoms with Gasteiger partial charge in [0.05, 0.1) is 5.92 Å². The van der Waals surface area contributed by atoms with Crippen molar-refractivity contribution in [1.29, 1.82) is 0 Å². The average molecular weight is 535 g/mol. The molecular formula is C37H58O2. The van der Waals surface area contributed by atoms with E-state index >= 15 is 0 Å². The Bertz CT molecular complexity index is 960. The van der Waals surface area contributed by atoms with Crippen molar-refractivity contribution < 1.29 is 9.53 Å². The topological polar surface area (TPSA) is 26.3 Å². The minimum atomic E-state index is 0.107. The van der Waals surface area contributed by atoms with Crippen molar-refractivity contribution >= 4 is 5.97 Å². The zero-order valence-corrected chi connectivity index (χ0v) is 25.9. The molecular weight excluding hydrogens is 476 g/mol. The highest BCUT2D eigenvalue weighted by Crippen LogP contribution is 2.67. The van der Waals surface area contributed by atoms with Gasteiger partial charge in [0.2, 0.25) is 0 Å². The van der Waals surface area contributed by atoms with Gasteiger partial charge in [-0.1, -0.05) is 84.1 Å². The van der Waals surface area contributed by atoms with Crippen LogP contribution in [0.4, 0.5) is 0 Å². The number of ether oxygens (including phenoxy) is 1. The molecule has 0 aromatic carbocycles. The van der Waals surface area contributed by atoms with E-state index < -0.39 is 0 Å². The minimum absolute atomic E-state index is 0.107. The Morgan fingerprint density at radius 1 is 0.949 bits per heavy atom. The monoisotopic (exact) mass is 534 g/mol. The maximum absolute atomic E-state index is 13.3. The second-order valence-corrected chi connectivity index (χ2v) is 16.1. The van der Waals surface area contributed by atoms with Crippen molar-refractivity contribution in [2.24, 2.45) is 64.1 Å². The summed E-state index contributed by atoms with van der Waals surface area (Å²) in [5.41, 5.74) is 2.53. The molecule has 2 nitrogen and oxygen atoms in total. The number of carbonyl (C=O) groups excluding carboxylic acids is 1. The van der Waals surface area contributed by atoms with E-state index in [0.29, 0.717) is 22.7 Å². The van der Waals surface area contributed by atoms with Gasteiger partial charge in [-0.25, -0.2) is 0 Å². The van der Waals surface area contributed by atoms with E-state index in [4.69, 9.17) is 4.74 Å². The molecule has 0 spiro atoms. The maximum Gasteiger partial charge on any atom is 0.309 e. The van der Waals surface area contributed by atoms with Crippen LogP contribution in [0.3, 0.4) is 0 Å². The van der Waals surface area contributed by atoms with Crippen molar-refractivity contribution in [3.63, 3.8) is 0 Å². The third-order valence-electron chi connectivity index (χ3n) is 13.8. The fourth-order valence-corrected chi connectivity index (χ4v) is 11.6. The van der Waals surface area contributed by atoms with E-state index in [1.165, 1.54) is 77.0 Å². The molecule has 6 rings (SSSR count). The van der Waals surface area contributed by atoms with Crippen molar-refractivity contribution in [1.82, 2.24) is 0 Å². The van der Waals surface area contributed by atoms with Crippen LogP contribution in [-0.2, 0) is 9.53 Å². The van der Waals surface area contributed by atoms with Gasteiger partial charge < -0.3 is 4.74 Å². The molecule has 218 valence electrons. The summed E-state index contributed by atoms with van der Waals surface area (Å²) in [7, 11) is 0. The van der Waals surface area contributed by atoms with Gasteiger partial charge in [0.25, 0.3) is 0 Å². The van der Waals surface area contributed by atoms with Crippen LogP contribution >= 0.6 is 0 Å². The molecule has 4 saturated carbocycles. The zero-order valence-electron chi connectivity index (χ0n) is 25.9. The third-order valence-corrected chi connectivity index (χ3v) is 13.8. The molecule has 0 amide bonds. The minimum Gasteiger partial charge on any atom is -0.462 e. The molecule has 11 atom stereocenters. The Labute approximate surface area is 240 Å². The number of rotatable bonds is 7. The molecule has 0 heterocycles. The fraction of sp³-hybridized carbons (Fsp3) is 0.865. The Morgan fingerprint density at radius 3 is 2.62 bits per heavy atom. The lowest BCUT2D eigenvalue weighted by Crippen LogP contribution is -2.51. The smallest absolute Gasteiger partial charge is 0.309 e. The fourth-order valence-electron chi connectivity index (χ4n) is 11.6. The molecule has 39 heavy (non-hydrogen) atoms. The molecule has 6 aliphatic carbocycles. The second-order valence-electron chi connectivity index (χ2n) is 16.1. The summed E-state index contributed by atoms with van der Waals surface area (Å²) in [6.07, 6.45) is 26.6. The molecule has 0 radical (unpaired) electrons. The Hall–Kier alpha value is -1.05. The second kappa shape index (κ2) is 11.0. The van der Waals surface area contributed by atoms with Crippen LogP contribution in [0, 0.1) is 64.1 Å². The maximum atomic E-state index is 13.3. The van der Waals surface area contributed by atoms with E-state index in [9.17, 15) is 4.79 Å². The summed E-state index contributed by atoms with van der Waals surface area (Å²) in [4.78, 5) is 13.3. The number of allylic oxidation sites excluding steroid dienone is 3. The van der Waals surface area contributed by atoms with Gasteiger partial charge in [0, 0.05) is 6.42 Å². The molecule has 0 aromatic heterocycles. The molecule has 1 unspecified atom stereocenters. The number of hydrogen-bond donors (Lipinski definition) is 0. The molecule has 0 N–H and O–H groups in total. The highest BCUT2D eigenvalue weighted by molar-refractivity contribution is 5.73. The quantitative estimate of drug-likeness (QED) is 0.240. The molecule has 4 fully saturated rings. The molecule has 0 bridgehead atoms. The predicted octanol–water partition coefficient (Wildman–Crippen LogP) is 9.93. The first kappa shape index (κ1) is 28.1. The van der Waals surface area contributed by atoms with Crippen LogP contribution < -0.4 is 0 Å². The van der Waals surface area contributed by atoms with Crippen LogP contribution in [0.25, 0.3) is 0 Å². The standard InChI is InChI=1S/C37H58O2/c1-24(2)9-6-10-25(3)32-17-18-33-31-16-15-27-23-28(19-21-36(27,4)34(31)20-22-37(32,33)5)39-35(38)30-14-8-12-26-11-7-13-29(26)30/h8,12,15,24-26,28-34H,6-7,9-11,13-14,16-23H2,1-5H3/t25-,26-,28?,29+,30+,31+,32-,33+,34+,36+,37-/m1/s1. The first-order valence-corrected chi connectivity index (χ1v) is 17.3.